The van der Waals surface area contributed by atoms with E-state index in [0.717, 1.165) is 0 Å². The Morgan fingerprint density at radius 2 is 2.06 bits per heavy atom. The number of halogens is 3. The van der Waals surface area contributed by atoms with Crippen molar-refractivity contribution in [3.8, 4) is 0 Å². The van der Waals surface area contributed by atoms with Gasteiger partial charge in [0.1, 0.15) is 0 Å². The van der Waals surface area contributed by atoms with E-state index in [0.29, 0.717) is 0 Å². The predicted molar refractivity (Wildman–Crippen MR) is 62.7 cm³/mol. The summed E-state index contributed by atoms with van der Waals surface area (Å²) in [4.78, 5) is 11.4. The Balaban J connectivity index is 2.59. The van der Waals surface area contributed by atoms with Crippen molar-refractivity contribution >= 4 is 40.7 Å². The molecule has 0 radical (unpaired) electrons. The molecule has 16 heavy (non-hydrogen) atoms. The van der Waals surface area contributed by atoms with E-state index in [1.165, 1.54) is 7.11 Å². The van der Waals surface area contributed by atoms with Gasteiger partial charge in [-0.15, -0.1) is 0 Å². The molecule has 3 atom stereocenters. The van der Waals surface area contributed by atoms with Crippen LogP contribution in [0.1, 0.15) is 6.92 Å². The molecule has 0 saturated heterocycles. The average molecular weight is 289 g/mol. The van der Waals surface area contributed by atoms with Crippen LogP contribution in [0.15, 0.2) is 12.2 Å². The minimum Gasteiger partial charge on any atom is -0.352 e. The Labute approximate surface area is 109 Å². The number of nitrogens with one attached hydrogen (secondary N) is 1. The second-order valence-electron chi connectivity index (χ2n) is 3.33. The zero-order valence-corrected chi connectivity index (χ0v) is 11.0. The fourth-order valence-electron chi connectivity index (χ4n) is 1.24. The normalized spacial score (nSPS) is 30.2. The Kier molecular flexibility index (Phi) is 4.88. The third kappa shape index (κ3) is 3.79. The van der Waals surface area contributed by atoms with E-state index in [1.54, 1.807) is 19.1 Å². The smallest absolute Gasteiger partial charge is 0.272 e. The molecule has 0 fully saturated rings. The van der Waals surface area contributed by atoms with E-state index >= 15 is 0 Å². The molecule has 1 aliphatic rings. The first-order valence-electron chi connectivity index (χ1n) is 4.59. The molecule has 1 N–H and O–H groups in total. The second-order valence-corrected chi connectivity index (χ2v) is 5.61. The summed E-state index contributed by atoms with van der Waals surface area (Å²) < 4.78 is 8.42. The number of amides is 1. The van der Waals surface area contributed by atoms with Gasteiger partial charge in [0.05, 0.1) is 12.1 Å². The second kappa shape index (κ2) is 5.56. The molecule has 0 saturated carbocycles. The number of alkyl halides is 3. The molecule has 0 aliphatic carbocycles. The molecule has 4 nitrogen and oxygen atoms in total. The molecule has 0 aromatic heterocycles. The van der Waals surface area contributed by atoms with Crippen LogP contribution in [-0.2, 0) is 14.3 Å². The van der Waals surface area contributed by atoms with E-state index in [1.807, 2.05) is 0 Å². The van der Waals surface area contributed by atoms with Gasteiger partial charge in [-0.1, -0.05) is 40.9 Å². The zero-order valence-electron chi connectivity index (χ0n) is 8.75. The van der Waals surface area contributed by atoms with Crippen molar-refractivity contribution in [3.05, 3.63) is 12.2 Å². The van der Waals surface area contributed by atoms with Crippen LogP contribution in [-0.4, -0.2) is 35.2 Å². The molecule has 92 valence electrons. The van der Waals surface area contributed by atoms with E-state index < -0.39 is 16.0 Å². The zero-order chi connectivity index (χ0) is 12.3. The molecule has 0 unspecified atom stereocenters. The number of hydrogen-bond donors (Lipinski definition) is 1. The fourth-order valence-corrected chi connectivity index (χ4v) is 1.40. The predicted octanol–water partition coefficient (Wildman–Crippen LogP) is 1.79. The molecule has 0 spiro atoms. The van der Waals surface area contributed by atoms with Gasteiger partial charge in [0.15, 0.2) is 6.29 Å². The van der Waals surface area contributed by atoms with E-state index in [2.05, 4.69) is 5.32 Å². The first-order chi connectivity index (χ1) is 7.34. The van der Waals surface area contributed by atoms with Gasteiger partial charge in [0.2, 0.25) is 0 Å². The van der Waals surface area contributed by atoms with Crippen LogP contribution in [0.4, 0.5) is 0 Å². The lowest BCUT2D eigenvalue weighted by molar-refractivity contribution is -0.138. The molecule has 7 heteroatoms. The van der Waals surface area contributed by atoms with Crippen LogP contribution in [0.3, 0.4) is 0 Å². The number of carbonyl (C=O) groups excluding carboxylic acids is 1. The molecule has 0 aromatic carbocycles. The Hall–Kier alpha value is -0.0000000000000000763. The minimum absolute atomic E-state index is 0.258. The lowest BCUT2D eigenvalue weighted by atomic mass is 10.1. The Morgan fingerprint density at radius 3 is 2.50 bits per heavy atom. The summed E-state index contributed by atoms with van der Waals surface area (Å²) in [6.45, 7) is 1.79. The van der Waals surface area contributed by atoms with Crippen molar-refractivity contribution in [1.29, 1.82) is 0 Å². The highest BCUT2D eigenvalue weighted by Crippen LogP contribution is 2.26. The molecule has 1 aliphatic heterocycles. The highest BCUT2D eigenvalue weighted by molar-refractivity contribution is 6.76. The van der Waals surface area contributed by atoms with Gasteiger partial charge in [0.25, 0.3) is 9.70 Å². The van der Waals surface area contributed by atoms with Gasteiger partial charge in [-0.2, -0.15) is 0 Å². The quantitative estimate of drug-likeness (QED) is 0.622. The molecule has 1 amide bonds. The third-order valence-electron chi connectivity index (χ3n) is 2.12. The number of carbonyl (C=O) groups is 1. The highest BCUT2D eigenvalue weighted by Gasteiger charge is 2.34. The average Bonchev–Trinajstić information content (AvgIpc) is 2.19. The van der Waals surface area contributed by atoms with E-state index in [-0.39, 0.29) is 12.1 Å². The van der Waals surface area contributed by atoms with Gasteiger partial charge >= 0.3 is 0 Å². The number of hydrogen-bond acceptors (Lipinski definition) is 3. The minimum atomic E-state index is -1.97. The van der Waals surface area contributed by atoms with E-state index in [9.17, 15) is 4.79 Å². The van der Waals surface area contributed by atoms with Crippen LogP contribution in [0.25, 0.3) is 0 Å². The molecule has 1 rings (SSSR count). The summed E-state index contributed by atoms with van der Waals surface area (Å²) in [7, 11) is 1.53. The van der Waals surface area contributed by atoms with Crippen LogP contribution in [0.2, 0.25) is 0 Å². The molecular weight excluding hydrogens is 276 g/mol. The van der Waals surface area contributed by atoms with Crippen molar-refractivity contribution < 1.29 is 14.3 Å². The Bertz CT molecular complexity index is 290. The van der Waals surface area contributed by atoms with Crippen molar-refractivity contribution in [2.75, 3.05) is 7.11 Å². The summed E-state index contributed by atoms with van der Waals surface area (Å²) >= 11 is 16.3. The molecule has 0 bridgehead atoms. The van der Waals surface area contributed by atoms with Crippen molar-refractivity contribution in [2.24, 2.45) is 0 Å². The monoisotopic (exact) mass is 287 g/mol. The summed E-state index contributed by atoms with van der Waals surface area (Å²) in [5, 5.41) is 2.55. The van der Waals surface area contributed by atoms with Crippen LogP contribution < -0.4 is 5.32 Å². The van der Waals surface area contributed by atoms with Crippen LogP contribution >= 0.6 is 34.8 Å². The van der Waals surface area contributed by atoms with Crippen molar-refractivity contribution in [3.63, 3.8) is 0 Å². The maximum absolute atomic E-state index is 11.4. The van der Waals surface area contributed by atoms with Gasteiger partial charge in [-0.25, -0.2) is 0 Å². The molecule has 0 aromatic rings. The van der Waals surface area contributed by atoms with Crippen LogP contribution in [0, 0.1) is 0 Å². The SMILES string of the molecule is CO[C@H]1C=C[C@@H](NC(=O)C(Cl)(Cl)Cl)[C@H](C)O1. The number of ether oxygens (including phenoxy) is 2. The third-order valence-corrected chi connectivity index (χ3v) is 2.63. The standard InChI is InChI=1S/C9H12Cl3NO3/c1-5-6(3-4-7(15-2)16-5)13-8(14)9(10,11)12/h3-7H,1-2H3,(H,13,14)/t5-,6+,7+/m0/s1. The first kappa shape index (κ1) is 14.1. The van der Waals surface area contributed by atoms with Gasteiger partial charge in [-0.3, -0.25) is 4.79 Å². The first-order valence-corrected chi connectivity index (χ1v) is 5.72. The summed E-state index contributed by atoms with van der Waals surface area (Å²) in [6.07, 6.45) is 2.77. The largest absolute Gasteiger partial charge is 0.352 e. The van der Waals surface area contributed by atoms with E-state index in [4.69, 9.17) is 44.3 Å². The maximum Gasteiger partial charge on any atom is 0.272 e. The van der Waals surface area contributed by atoms with Crippen molar-refractivity contribution in [2.45, 2.75) is 29.2 Å². The summed E-state index contributed by atoms with van der Waals surface area (Å²) in [5.74, 6) is -0.682. The lowest BCUT2D eigenvalue weighted by Gasteiger charge is -2.30. The molecule has 1 heterocycles. The lowest BCUT2D eigenvalue weighted by Crippen LogP contribution is -2.49. The molecular formula is C9H12Cl3NO3. The summed E-state index contributed by atoms with van der Waals surface area (Å²) in [6, 6.07) is -0.338. The highest BCUT2D eigenvalue weighted by atomic mass is 35.6. The number of rotatable bonds is 2. The Morgan fingerprint density at radius 1 is 1.44 bits per heavy atom. The topological polar surface area (TPSA) is 47.6 Å². The summed E-state index contributed by atoms with van der Waals surface area (Å²) in [5.41, 5.74) is 0. The van der Waals surface area contributed by atoms with Crippen molar-refractivity contribution in [1.82, 2.24) is 5.32 Å². The number of methoxy groups -OCH3 is 1. The maximum atomic E-state index is 11.4. The van der Waals surface area contributed by atoms with Gasteiger partial charge < -0.3 is 14.8 Å². The van der Waals surface area contributed by atoms with Crippen LogP contribution in [0.5, 0.6) is 0 Å². The fraction of sp³-hybridized carbons (Fsp3) is 0.667. The van der Waals surface area contributed by atoms with Gasteiger partial charge in [-0.05, 0) is 13.0 Å². The van der Waals surface area contributed by atoms with Gasteiger partial charge in [0, 0.05) is 7.11 Å².